The smallest absolute Gasteiger partial charge is 0.329 e. The van der Waals surface area contributed by atoms with Gasteiger partial charge in [0.25, 0.3) is 5.91 Å². The summed E-state index contributed by atoms with van der Waals surface area (Å²) in [7, 11) is 0. The Labute approximate surface area is 200 Å². The molecule has 1 amide bonds. The maximum absolute atomic E-state index is 13.4. The van der Waals surface area contributed by atoms with Crippen molar-refractivity contribution in [2.75, 3.05) is 0 Å². The van der Waals surface area contributed by atoms with E-state index in [1.54, 1.807) is 32.9 Å². The fourth-order valence-corrected chi connectivity index (χ4v) is 4.10. The van der Waals surface area contributed by atoms with Crippen LogP contribution in [-0.2, 0) is 9.59 Å². The summed E-state index contributed by atoms with van der Waals surface area (Å²) in [4.78, 5) is 38.1. The first-order valence-corrected chi connectivity index (χ1v) is 11.1. The van der Waals surface area contributed by atoms with Crippen molar-refractivity contribution in [3.05, 3.63) is 63.3 Å². The number of fused-ring (bicyclic) bond motifs is 1. The number of amides is 1. The summed E-state index contributed by atoms with van der Waals surface area (Å²) in [5, 5.41) is 23.3. The van der Waals surface area contributed by atoms with Gasteiger partial charge in [0, 0.05) is 16.6 Å². The molecule has 0 saturated carbocycles. The van der Waals surface area contributed by atoms with Crippen LogP contribution in [0.5, 0.6) is 5.75 Å². The molecule has 3 N–H and O–H groups in total. The van der Waals surface area contributed by atoms with E-state index in [1.165, 1.54) is 35.8 Å². The molecular formula is C24H24Cl2N2O5. The van der Waals surface area contributed by atoms with E-state index in [0.717, 1.165) is 0 Å². The average molecular weight is 491 g/mol. The molecule has 1 unspecified atom stereocenters. The van der Waals surface area contributed by atoms with Crippen LogP contribution in [0.4, 0.5) is 0 Å². The van der Waals surface area contributed by atoms with Crippen LogP contribution in [0.1, 0.15) is 54.7 Å². The Morgan fingerprint density at radius 3 is 2.36 bits per heavy atom. The lowest BCUT2D eigenvalue weighted by Crippen LogP contribution is -2.52. The number of halogens is 2. The Morgan fingerprint density at radius 1 is 1.12 bits per heavy atom. The second-order valence-electron chi connectivity index (χ2n) is 8.17. The van der Waals surface area contributed by atoms with Crippen LogP contribution in [0.25, 0.3) is 10.9 Å². The first-order valence-electron chi connectivity index (χ1n) is 10.3. The summed E-state index contributed by atoms with van der Waals surface area (Å²) in [6.45, 7) is 6.44. The standard InChI is InChI=1S/C24H24Cl2N2O5/c1-5-24(4,23(32)33)27-21(30)12(2)20-13(3)28(19-9-7-15(29)11-16(19)20)22(31)14-6-8-17(25)18(26)10-14/h6-12,29H,5H2,1-4H3,(H,27,30)(H,32,33)/t12-,24?/m1/s1. The molecule has 174 valence electrons. The van der Waals surface area contributed by atoms with Crippen molar-refractivity contribution in [3.63, 3.8) is 0 Å². The second-order valence-corrected chi connectivity index (χ2v) is 8.99. The number of nitrogens with one attached hydrogen (secondary N) is 1. The minimum atomic E-state index is -1.43. The van der Waals surface area contributed by atoms with Crippen molar-refractivity contribution < 1.29 is 24.6 Å². The van der Waals surface area contributed by atoms with E-state index < -0.39 is 23.3 Å². The number of carbonyl (C=O) groups is 3. The van der Waals surface area contributed by atoms with Gasteiger partial charge in [0.15, 0.2) is 0 Å². The highest BCUT2D eigenvalue weighted by Crippen LogP contribution is 2.35. The number of carbonyl (C=O) groups excluding carboxylic acids is 2. The van der Waals surface area contributed by atoms with Crippen molar-refractivity contribution in [2.24, 2.45) is 0 Å². The van der Waals surface area contributed by atoms with Crippen molar-refractivity contribution >= 4 is 51.9 Å². The van der Waals surface area contributed by atoms with Gasteiger partial charge in [0.2, 0.25) is 5.91 Å². The maximum atomic E-state index is 13.4. The van der Waals surface area contributed by atoms with Crippen molar-refractivity contribution in [1.29, 1.82) is 0 Å². The third kappa shape index (κ3) is 4.43. The largest absolute Gasteiger partial charge is 0.508 e. The van der Waals surface area contributed by atoms with E-state index in [4.69, 9.17) is 23.2 Å². The zero-order valence-electron chi connectivity index (χ0n) is 18.6. The number of aromatic nitrogens is 1. The Balaban J connectivity index is 2.15. The lowest BCUT2D eigenvalue weighted by molar-refractivity contribution is -0.147. The van der Waals surface area contributed by atoms with Gasteiger partial charge in [-0.1, -0.05) is 30.1 Å². The average Bonchev–Trinajstić information content (AvgIpc) is 3.04. The number of phenols is 1. The van der Waals surface area contributed by atoms with Crippen LogP contribution in [0, 0.1) is 6.92 Å². The summed E-state index contributed by atoms with van der Waals surface area (Å²) in [6, 6.07) is 9.07. The normalized spacial score (nSPS) is 14.0. The monoisotopic (exact) mass is 490 g/mol. The minimum Gasteiger partial charge on any atom is -0.508 e. The number of aliphatic carboxylic acids is 1. The van der Waals surface area contributed by atoms with Gasteiger partial charge in [0.05, 0.1) is 21.5 Å². The van der Waals surface area contributed by atoms with E-state index in [1.807, 2.05) is 0 Å². The van der Waals surface area contributed by atoms with Gasteiger partial charge in [-0.3, -0.25) is 14.2 Å². The molecule has 1 heterocycles. The molecule has 7 nitrogen and oxygen atoms in total. The molecule has 0 aliphatic carbocycles. The van der Waals surface area contributed by atoms with Crippen molar-refractivity contribution in [1.82, 2.24) is 9.88 Å². The van der Waals surface area contributed by atoms with E-state index in [2.05, 4.69) is 5.32 Å². The van der Waals surface area contributed by atoms with E-state index in [9.17, 15) is 24.6 Å². The number of hydrogen-bond acceptors (Lipinski definition) is 4. The molecule has 33 heavy (non-hydrogen) atoms. The topological polar surface area (TPSA) is 109 Å². The number of rotatable bonds is 6. The van der Waals surface area contributed by atoms with Crippen molar-refractivity contribution in [3.8, 4) is 5.75 Å². The Hall–Kier alpha value is -3.03. The SMILES string of the molecule is CCC(C)(NC(=O)[C@H](C)c1c(C)n(C(=O)c2ccc(Cl)c(Cl)c2)c2ccc(O)cc12)C(=O)O. The lowest BCUT2D eigenvalue weighted by atomic mass is 9.93. The zero-order chi connectivity index (χ0) is 24.7. The molecule has 0 spiro atoms. The van der Waals surface area contributed by atoms with E-state index in [-0.39, 0.29) is 23.1 Å². The number of benzene rings is 2. The van der Waals surface area contributed by atoms with Crippen LogP contribution in [-0.4, -0.2) is 38.1 Å². The summed E-state index contributed by atoms with van der Waals surface area (Å²) in [5.74, 6) is -2.86. The third-order valence-corrected chi connectivity index (χ3v) is 6.75. The number of phenolic OH excluding ortho intramolecular Hbond substituents is 1. The molecular weight excluding hydrogens is 467 g/mol. The third-order valence-electron chi connectivity index (χ3n) is 6.01. The van der Waals surface area contributed by atoms with Crippen LogP contribution in [0.2, 0.25) is 10.0 Å². The molecule has 0 aliphatic rings. The first kappa shape index (κ1) is 24.6. The van der Waals surface area contributed by atoms with E-state index >= 15 is 0 Å². The first-order chi connectivity index (χ1) is 15.4. The van der Waals surface area contributed by atoms with Gasteiger partial charge in [-0.2, -0.15) is 0 Å². The van der Waals surface area contributed by atoms with Crippen LogP contribution in [0.3, 0.4) is 0 Å². The molecule has 0 saturated heterocycles. The number of aromatic hydroxyl groups is 1. The van der Waals surface area contributed by atoms with E-state index in [0.29, 0.717) is 32.7 Å². The fraction of sp³-hybridized carbons (Fsp3) is 0.292. The summed E-state index contributed by atoms with van der Waals surface area (Å²) < 4.78 is 1.45. The fourth-order valence-electron chi connectivity index (χ4n) is 3.80. The van der Waals surface area contributed by atoms with Gasteiger partial charge in [-0.25, -0.2) is 4.79 Å². The predicted molar refractivity (Wildman–Crippen MR) is 127 cm³/mol. The predicted octanol–water partition coefficient (Wildman–Crippen LogP) is 5.12. The molecule has 9 heteroatoms. The highest BCUT2D eigenvalue weighted by molar-refractivity contribution is 6.42. The van der Waals surface area contributed by atoms with Gasteiger partial charge in [0.1, 0.15) is 11.3 Å². The quantitative estimate of drug-likeness (QED) is 0.444. The summed E-state index contributed by atoms with van der Waals surface area (Å²) >= 11 is 12.1. The molecule has 2 atom stereocenters. The summed E-state index contributed by atoms with van der Waals surface area (Å²) in [5.41, 5.74) is 0.354. The summed E-state index contributed by atoms with van der Waals surface area (Å²) in [6.07, 6.45) is 0.193. The van der Waals surface area contributed by atoms with Gasteiger partial charge < -0.3 is 15.5 Å². The highest BCUT2D eigenvalue weighted by atomic mass is 35.5. The van der Waals surface area contributed by atoms with Crippen molar-refractivity contribution in [2.45, 2.75) is 45.6 Å². The van der Waals surface area contributed by atoms with Gasteiger partial charge >= 0.3 is 5.97 Å². The maximum Gasteiger partial charge on any atom is 0.329 e. The molecule has 3 aromatic rings. The highest BCUT2D eigenvalue weighted by Gasteiger charge is 2.36. The minimum absolute atomic E-state index is 0.0283. The lowest BCUT2D eigenvalue weighted by Gasteiger charge is -2.26. The van der Waals surface area contributed by atoms with Crippen LogP contribution >= 0.6 is 23.2 Å². The Kier molecular flexibility index (Phi) is 6.77. The number of carboxylic acid groups (broad SMARTS) is 1. The Morgan fingerprint density at radius 2 is 1.79 bits per heavy atom. The number of hydrogen-bond donors (Lipinski definition) is 3. The van der Waals surface area contributed by atoms with Gasteiger partial charge in [-0.15, -0.1) is 0 Å². The molecule has 1 aromatic heterocycles. The zero-order valence-corrected chi connectivity index (χ0v) is 20.1. The van der Waals surface area contributed by atoms with Crippen LogP contribution in [0.15, 0.2) is 36.4 Å². The molecule has 0 radical (unpaired) electrons. The second kappa shape index (κ2) is 9.08. The molecule has 0 bridgehead atoms. The molecule has 0 fully saturated rings. The van der Waals surface area contributed by atoms with Gasteiger partial charge in [-0.05, 0) is 69.2 Å². The van der Waals surface area contributed by atoms with Crippen LogP contribution < -0.4 is 5.32 Å². The molecule has 3 rings (SSSR count). The molecule has 0 aliphatic heterocycles. The Bertz CT molecular complexity index is 1280. The number of carboxylic acids is 1. The molecule has 2 aromatic carbocycles. The number of nitrogens with zero attached hydrogens (tertiary/aromatic N) is 1.